The first kappa shape index (κ1) is 21.7. The molecule has 1 aliphatic heterocycles. The van der Waals surface area contributed by atoms with E-state index in [0.29, 0.717) is 12.0 Å². The quantitative estimate of drug-likeness (QED) is 0.483. The van der Waals surface area contributed by atoms with Crippen LogP contribution in [-0.4, -0.2) is 35.7 Å². The second-order valence-electron chi connectivity index (χ2n) is 8.70. The Bertz CT molecular complexity index is 497. The summed E-state index contributed by atoms with van der Waals surface area (Å²) in [5.74, 6) is -0.610. The van der Waals surface area contributed by atoms with Crippen molar-refractivity contribution < 1.29 is 14.4 Å². The fourth-order valence-corrected chi connectivity index (χ4v) is 3.05. The van der Waals surface area contributed by atoms with Crippen molar-refractivity contribution in [2.75, 3.05) is 13.1 Å². The highest BCUT2D eigenvalue weighted by Gasteiger charge is 2.45. The Morgan fingerprint density at radius 3 is 2.36 bits per heavy atom. The van der Waals surface area contributed by atoms with Crippen molar-refractivity contribution in [2.24, 2.45) is 16.7 Å². The van der Waals surface area contributed by atoms with Crippen LogP contribution in [-0.2, 0) is 14.4 Å². The zero-order valence-electron chi connectivity index (χ0n) is 16.9. The number of likely N-dealkylation sites (tertiary alicyclic amines) is 1. The van der Waals surface area contributed by atoms with Crippen molar-refractivity contribution in [3.05, 3.63) is 0 Å². The molecule has 0 bridgehead atoms. The van der Waals surface area contributed by atoms with Gasteiger partial charge in [0, 0.05) is 25.9 Å². The number of amides is 3. The van der Waals surface area contributed by atoms with Crippen LogP contribution >= 0.6 is 0 Å². The second kappa shape index (κ2) is 8.81. The van der Waals surface area contributed by atoms with E-state index in [-0.39, 0.29) is 48.4 Å². The highest BCUT2D eigenvalue weighted by molar-refractivity contribution is 6.04. The van der Waals surface area contributed by atoms with E-state index in [0.717, 1.165) is 25.7 Å². The van der Waals surface area contributed by atoms with Crippen molar-refractivity contribution >= 4 is 17.7 Å². The summed E-state index contributed by atoms with van der Waals surface area (Å²) in [5, 5.41) is 2.90. The molecule has 0 aromatic carbocycles. The molecular weight excluding hydrogens is 316 g/mol. The van der Waals surface area contributed by atoms with Gasteiger partial charge in [0.15, 0.2) is 0 Å². The van der Waals surface area contributed by atoms with Crippen molar-refractivity contribution in [1.29, 1.82) is 0 Å². The van der Waals surface area contributed by atoms with E-state index in [2.05, 4.69) is 26.1 Å². The maximum Gasteiger partial charge on any atom is 0.233 e. The first-order valence-corrected chi connectivity index (χ1v) is 9.65. The van der Waals surface area contributed by atoms with E-state index in [4.69, 9.17) is 0 Å². The molecule has 1 saturated heterocycles. The predicted molar refractivity (Wildman–Crippen MR) is 99.8 cm³/mol. The van der Waals surface area contributed by atoms with E-state index in [1.807, 2.05) is 20.8 Å². The number of nitrogens with one attached hydrogen (secondary N) is 1. The van der Waals surface area contributed by atoms with Gasteiger partial charge in [0.05, 0.1) is 5.92 Å². The molecule has 0 radical (unpaired) electrons. The maximum atomic E-state index is 12.5. The number of hydrogen-bond acceptors (Lipinski definition) is 3. The van der Waals surface area contributed by atoms with Crippen LogP contribution in [0.5, 0.6) is 0 Å². The third-order valence-electron chi connectivity index (χ3n) is 5.97. The molecule has 1 N–H and O–H groups in total. The Hall–Kier alpha value is -1.39. The number of rotatable bonds is 10. The zero-order chi connectivity index (χ0) is 19.3. The Morgan fingerprint density at radius 2 is 1.80 bits per heavy atom. The van der Waals surface area contributed by atoms with E-state index < -0.39 is 0 Å². The van der Waals surface area contributed by atoms with Gasteiger partial charge in [0.1, 0.15) is 0 Å². The van der Waals surface area contributed by atoms with Crippen LogP contribution < -0.4 is 5.32 Å². The first-order chi connectivity index (χ1) is 11.5. The molecule has 1 heterocycles. The molecule has 0 aromatic rings. The number of imide groups is 1. The van der Waals surface area contributed by atoms with Gasteiger partial charge in [-0.2, -0.15) is 0 Å². The second-order valence-corrected chi connectivity index (χ2v) is 8.70. The summed E-state index contributed by atoms with van der Waals surface area (Å²) in [7, 11) is 0. The number of carbonyl (C=O) groups is 3. The largest absolute Gasteiger partial charge is 0.356 e. The summed E-state index contributed by atoms with van der Waals surface area (Å²) in [5.41, 5.74) is 0.121. The summed E-state index contributed by atoms with van der Waals surface area (Å²) in [6.07, 6.45) is 4.44. The zero-order valence-corrected chi connectivity index (χ0v) is 16.9. The van der Waals surface area contributed by atoms with Crippen molar-refractivity contribution in [2.45, 2.75) is 80.1 Å². The van der Waals surface area contributed by atoms with E-state index >= 15 is 0 Å². The van der Waals surface area contributed by atoms with Crippen LogP contribution in [0.2, 0.25) is 0 Å². The van der Waals surface area contributed by atoms with Crippen LogP contribution in [0.25, 0.3) is 0 Å². The van der Waals surface area contributed by atoms with Crippen molar-refractivity contribution in [1.82, 2.24) is 10.2 Å². The van der Waals surface area contributed by atoms with Crippen LogP contribution in [0.3, 0.4) is 0 Å². The fourth-order valence-electron chi connectivity index (χ4n) is 3.05. The molecule has 0 aliphatic carbocycles. The van der Waals surface area contributed by atoms with Crippen LogP contribution in [0.4, 0.5) is 0 Å². The standard InChI is InChI=1S/C20H36N2O3/c1-7-19(3,4)11-9-12-21-16(23)10-13-22-17(24)14-15(18(22)25)20(5,6)8-2/h15H,7-14H2,1-6H3,(H,21,23). The molecule has 1 rings (SSSR count). The summed E-state index contributed by atoms with van der Waals surface area (Å²) < 4.78 is 0. The minimum absolute atomic E-state index is 0.0897. The predicted octanol–water partition coefficient (Wildman–Crippen LogP) is 3.52. The molecule has 1 unspecified atom stereocenters. The molecule has 1 aliphatic rings. The summed E-state index contributed by atoms with van der Waals surface area (Å²) >= 11 is 0. The molecule has 0 saturated carbocycles. The lowest BCUT2D eigenvalue weighted by atomic mass is 9.76. The average Bonchev–Trinajstić information content (AvgIpc) is 2.85. The van der Waals surface area contributed by atoms with Gasteiger partial charge < -0.3 is 5.32 Å². The normalized spacial score (nSPS) is 18.8. The minimum Gasteiger partial charge on any atom is -0.356 e. The van der Waals surface area contributed by atoms with E-state index in [1.54, 1.807) is 0 Å². The lowest BCUT2D eigenvalue weighted by molar-refractivity contribution is -0.140. The smallest absolute Gasteiger partial charge is 0.233 e. The summed E-state index contributed by atoms with van der Waals surface area (Å²) in [6.45, 7) is 13.6. The number of carbonyl (C=O) groups excluding carboxylic acids is 3. The third-order valence-corrected chi connectivity index (χ3v) is 5.97. The van der Waals surface area contributed by atoms with Gasteiger partial charge in [-0.25, -0.2) is 0 Å². The molecule has 1 atom stereocenters. The fraction of sp³-hybridized carbons (Fsp3) is 0.850. The summed E-state index contributed by atoms with van der Waals surface area (Å²) in [4.78, 5) is 37.9. The highest BCUT2D eigenvalue weighted by Crippen LogP contribution is 2.38. The Morgan fingerprint density at radius 1 is 1.16 bits per heavy atom. The van der Waals surface area contributed by atoms with Crippen LogP contribution in [0.15, 0.2) is 0 Å². The van der Waals surface area contributed by atoms with Gasteiger partial charge in [-0.05, 0) is 23.7 Å². The van der Waals surface area contributed by atoms with Gasteiger partial charge in [0.25, 0.3) is 0 Å². The van der Waals surface area contributed by atoms with Crippen molar-refractivity contribution in [3.8, 4) is 0 Å². The van der Waals surface area contributed by atoms with E-state index in [9.17, 15) is 14.4 Å². The van der Waals surface area contributed by atoms with Crippen LogP contribution in [0.1, 0.15) is 80.1 Å². The average molecular weight is 353 g/mol. The number of hydrogen-bond donors (Lipinski definition) is 1. The van der Waals surface area contributed by atoms with Gasteiger partial charge in [-0.1, -0.05) is 54.4 Å². The Balaban J connectivity index is 2.39. The lowest BCUT2D eigenvalue weighted by Gasteiger charge is -2.28. The monoisotopic (exact) mass is 352 g/mol. The van der Waals surface area contributed by atoms with Gasteiger partial charge in [0.2, 0.25) is 17.7 Å². The molecule has 1 fully saturated rings. The molecular formula is C20H36N2O3. The van der Waals surface area contributed by atoms with E-state index in [1.165, 1.54) is 4.90 Å². The summed E-state index contributed by atoms with van der Waals surface area (Å²) in [6, 6.07) is 0. The molecule has 0 aromatic heterocycles. The maximum absolute atomic E-state index is 12.5. The first-order valence-electron chi connectivity index (χ1n) is 9.65. The Labute approximate surface area is 152 Å². The van der Waals surface area contributed by atoms with Gasteiger partial charge in [-0.3, -0.25) is 19.3 Å². The topological polar surface area (TPSA) is 66.5 Å². The lowest BCUT2D eigenvalue weighted by Crippen LogP contribution is -2.37. The molecule has 25 heavy (non-hydrogen) atoms. The molecule has 144 valence electrons. The number of nitrogens with zero attached hydrogens (tertiary/aromatic N) is 1. The highest BCUT2D eigenvalue weighted by atomic mass is 16.2. The molecule has 5 heteroatoms. The SMILES string of the molecule is CCC(C)(C)CCCNC(=O)CCN1C(=O)CC(C(C)(C)CC)C1=O. The van der Waals surface area contributed by atoms with Crippen molar-refractivity contribution in [3.63, 3.8) is 0 Å². The van der Waals surface area contributed by atoms with Gasteiger partial charge >= 0.3 is 0 Å². The minimum atomic E-state index is -0.260. The molecule has 0 spiro atoms. The molecule has 5 nitrogen and oxygen atoms in total. The van der Waals surface area contributed by atoms with Gasteiger partial charge in [-0.15, -0.1) is 0 Å². The molecule has 3 amide bonds. The van der Waals surface area contributed by atoms with Crippen LogP contribution in [0, 0.1) is 16.7 Å². The Kier molecular flexibility index (Phi) is 7.63. The third kappa shape index (κ3) is 6.12.